The highest BCUT2D eigenvalue weighted by atomic mass is 32.2. The van der Waals surface area contributed by atoms with E-state index in [2.05, 4.69) is 39.2 Å². The molecule has 0 heterocycles. The second-order valence-electron chi connectivity index (χ2n) is 8.86. The van der Waals surface area contributed by atoms with Crippen LogP contribution < -0.4 is 11.5 Å². The Hall–Kier alpha value is -4.41. The molecule has 0 aromatic heterocycles. The molecule has 0 aliphatic carbocycles. The molecule has 5 aromatic carbocycles. The number of hydrogen-bond donors (Lipinski definition) is 6. The number of aromatic hydroxyl groups is 1. The van der Waals surface area contributed by atoms with Gasteiger partial charge in [-0.25, -0.2) is 10.5 Å². The van der Waals surface area contributed by atoms with Gasteiger partial charge in [-0.1, -0.05) is 40.4 Å². The lowest BCUT2D eigenvalue weighted by atomic mass is 10.1. The van der Waals surface area contributed by atoms with Crippen LogP contribution in [0, 0.1) is 0 Å². The van der Waals surface area contributed by atoms with E-state index in [1.807, 2.05) is 0 Å². The highest BCUT2D eigenvalue weighted by Gasteiger charge is 2.24. The molecular weight excluding hydrogens is 653 g/mol. The predicted molar refractivity (Wildman–Crippen MR) is 164 cm³/mol. The molecular formula is C26H20N6O10S3. The van der Waals surface area contributed by atoms with Crippen LogP contribution in [0.2, 0.25) is 0 Å². The van der Waals surface area contributed by atoms with Crippen molar-refractivity contribution in [1.29, 1.82) is 0 Å². The third-order valence-electron chi connectivity index (χ3n) is 6.17. The first-order valence-electron chi connectivity index (χ1n) is 12.2. The molecule has 5 aromatic rings. The minimum atomic E-state index is -4.86. The summed E-state index contributed by atoms with van der Waals surface area (Å²) in [6.45, 7) is 0. The van der Waals surface area contributed by atoms with Gasteiger partial charge in [0.2, 0.25) is 0 Å². The van der Waals surface area contributed by atoms with E-state index in [0.717, 1.165) is 18.1 Å². The highest BCUT2D eigenvalue weighted by molar-refractivity contribution is 7.95. The van der Waals surface area contributed by atoms with Gasteiger partial charge < -0.3 is 16.6 Å². The van der Waals surface area contributed by atoms with Gasteiger partial charge in [-0.05, 0) is 53.2 Å². The normalized spacial score (nSPS) is 12.2. The summed E-state index contributed by atoms with van der Waals surface area (Å²) >= 11 is 1.36. The maximum atomic E-state index is 12.2. The van der Waals surface area contributed by atoms with Crippen LogP contribution in [0.4, 0.5) is 34.1 Å². The molecule has 0 atom stereocenters. The van der Waals surface area contributed by atoms with Gasteiger partial charge in [-0.3, -0.25) is 4.55 Å². The summed E-state index contributed by atoms with van der Waals surface area (Å²) in [6.07, 6.45) is 0. The van der Waals surface area contributed by atoms with Crippen molar-refractivity contribution in [2.75, 3.05) is 11.5 Å². The topological polar surface area (TPSA) is 253 Å². The molecule has 0 radical (unpaired) electrons. The number of nitrogens with two attached hydrogens (primary N) is 2. The standard InChI is InChI=1S/C26H20N6O10S3/c27-14-3-1-4-15(12-14)29-32-24-21(45(36,37)38)11-13-7-9-18(23(28)22(13)25(24)33)30-31-19-10-8-16-17(26(19)44-42-40-35)5-2-6-20(16)43-41-39-34/h1-12,33-35H,27-28H2,(H,36,37,38). The first kappa shape index (κ1) is 32.0. The maximum absolute atomic E-state index is 12.2. The van der Waals surface area contributed by atoms with Crippen molar-refractivity contribution >= 4 is 89.9 Å². The molecule has 16 nitrogen and oxygen atoms in total. The average Bonchev–Trinajstić information content (AvgIpc) is 3.01. The lowest BCUT2D eigenvalue weighted by Crippen LogP contribution is -2.00. The third kappa shape index (κ3) is 6.97. The molecule has 5 rings (SSSR count). The summed E-state index contributed by atoms with van der Waals surface area (Å²) < 4.78 is 43.5. The average molecular weight is 673 g/mol. The van der Waals surface area contributed by atoms with E-state index >= 15 is 0 Å². The maximum Gasteiger partial charge on any atom is 0.296 e. The summed E-state index contributed by atoms with van der Waals surface area (Å²) in [6, 6.07) is 18.5. The highest BCUT2D eigenvalue weighted by Crippen LogP contribution is 2.47. The summed E-state index contributed by atoms with van der Waals surface area (Å²) in [7, 11) is -4.86. The van der Waals surface area contributed by atoms with Gasteiger partial charge in [0.1, 0.15) is 22.0 Å². The number of benzene rings is 5. The van der Waals surface area contributed by atoms with Crippen molar-refractivity contribution in [2.24, 2.45) is 20.5 Å². The Balaban J connectivity index is 1.61. The molecule has 0 spiro atoms. The molecule has 8 N–H and O–H groups in total. The van der Waals surface area contributed by atoms with Crippen molar-refractivity contribution in [2.45, 2.75) is 14.7 Å². The molecule has 19 heteroatoms. The zero-order chi connectivity index (χ0) is 32.1. The first-order chi connectivity index (χ1) is 21.6. The zero-order valence-corrected chi connectivity index (χ0v) is 24.8. The summed E-state index contributed by atoms with van der Waals surface area (Å²) in [5, 5.41) is 53.5. The van der Waals surface area contributed by atoms with E-state index in [0.29, 0.717) is 38.3 Å². The Kier molecular flexibility index (Phi) is 9.74. The van der Waals surface area contributed by atoms with Gasteiger partial charge in [0.15, 0.2) is 5.75 Å². The number of hydrogen-bond acceptors (Lipinski definition) is 17. The van der Waals surface area contributed by atoms with Crippen LogP contribution >= 0.6 is 24.1 Å². The lowest BCUT2D eigenvalue weighted by molar-refractivity contribution is -0.432. The molecule has 0 saturated carbocycles. The van der Waals surface area contributed by atoms with Gasteiger partial charge in [-0.2, -0.15) is 13.5 Å². The van der Waals surface area contributed by atoms with Crippen LogP contribution in [-0.2, 0) is 28.9 Å². The molecule has 232 valence electrons. The van der Waals surface area contributed by atoms with Crippen LogP contribution in [0.1, 0.15) is 0 Å². The molecule has 0 unspecified atom stereocenters. The Labute approximate surface area is 261 Å². The largest absolute Gasteiger partial charge is 0.505 e. The fourth-order valence-electron chi connectivity index (χ4n) is 4.27. The fraction of sp³-hybridized carbons (Fsp3) is 0. The number of nitrogen functional groups attached to an aromatic ring is 2. The van der Waals surface area contributed by atoms with Crippen molar-refractivity contribution in [1.82, 2.24) is 0 Å². The van der Waals surface area contributed by atoms with E-state index in [9.17, 15) is 18.1 Å². The van der Waals surface area contributed by atoms with Crippen LogP contribution in [0.25, 0.3) is 21.5 Å². The molecule has 0 amide bonds. The number of fused-ring (bicyclic) bond motifs is 2. The van der Waals surface area contributed by atoms with Gasteiger partial charge in [-0.15, -0.1) is 24.0 Å². The van der Waals surface area contributed by atoms with E-state index < -0.39 is 26.5 Å². The van der Waals surface area contributed by atoms with Crippen LogP contribution in [0.3, 0.4) is 0 Å². The Morgan fingerprint density at radius 3 is 2.20 bits per heavy atom. The van der Waals surface area contributed by atoms with Gasteiger partial charge in [0.05, 0.1) is 45.7 Å². The number of phenolic OH excluding ortho intramolecular Hbond substituents is 1. The number of nitrogens with zero attached hydrogens (tertiary/aromatic N) is 4. The second kappa shape index (κ2) is 13.7. The van der Waals surface area contributed by atoms with Gasteiger partial charge in [0.25, 0.3) is 10.1 Å². The number of azo groups is 2. The Morgan fingerprint density at radius 2 is 1.47 bits per heavy atom. The molecule has 45 heavy (non-hydrogen) atoms. The summed E-state index contributed by atoms with van der Waals surface area (Å²) in [5.41, 5.74) is 12.4. The van der Waals surface area contributed by atoms with Crippen molar-refractivity contribution < 1.29 is 47.3 Å². The molecule has 0 aliphatic rings. The quantitative estimate of drug-likeness (QED) is 0.0195. The third-order valence-corrected chi connectivity index (χ3v) is 8.42. The summed E-state index contributed by atoms with van der Waals surface area (Å²) in [4.78, 5) is 0.201. The monoisotopic (exact) mass is 672 g/mol. The smallest absolute Gasteiger partial charge is 0.296 e. The van der Waals surface area contributed by atoms with Crippen molar-refractivity contribution in [3.63, 3.8) is 0 Å². The molecule has 0 saturated heterocycles. The Bertz CT molecular complexity index is 2080. The number of phenols is 1. The molecule has 0 fully saturated rings. The first-order valence-corrected chi connectivity index (χ1v) is 15.1. The lowest BCUT2D eigenvalue weighted by Gasteiger charge is -2.12. The van der Waals surface area contributed by atoms with Crippen LogP contribution in [0.15, 0.2) is 108 Å². The summed E-state index contributed by atoms with van der Waals surface area (Å²) in [5.74, 6) is -0.683. The minimum absolute atomic E-state index is 0.0294. The fourth-order valence-corrected chi connectivity index (χ4v) is 5.99. The minimum Gasteiger partial charge on any atom is -0.505 e. The van der Waals surface area contributed by atoms with E-state index in [1.54, 1.807) is 48.5 Å². The van der Waals surface area contributed by atoms with Crippen molar-refractivity contribution in [3.8, 4) is 5.75 Å². The van der Waals surface area contributed by atoms with E-state index in [-0.39, 0.29) is 33.5 Å². The van der Waals surface area contributed by atoms with E-state index in [1.165, 1.54) is 18.2 Å². The van der Waals surface area contributed by atoms with Crippen LogP contribution in [0.5, 0.6) is 5.75 Å². The van der Waals surface area contributed by atoms with Gasteiger partial charge >= 0.3 is 0 Å². The second-order valence-corrected chi connectivity index (χ2v) is 11.7. The van der Waals surface area contributed by atoms with E-state index in [4.69, 9.17) is 22.0 Å². The van der Waals surface area contributed by atoms with Crippen molar-refractivity contribution in [3.05, 3.63) is 72.8 Å². The number of rotatable bonds is 11. The molecule has 0 aliphatic heterocycles. The number of anilines is 2. The zero-order valence-electron chi connectivity index (χ0n) is 22.3. The van der Waals surface area contributed by atoms with Crippen LogP contribution in [-0.4, -0.2) is 28.6 Å². The molecule has 0 bridgehead atoms. The SMILES string of the molecule is Nc1cccc(N=Nc2c(S(=O)(=O)O)cc3ccc(N=Nc4ccc5c(SOOO)cccc5c4SOOO)c(N)c3c2O)c1. The predicted octanol–water partition coefficient (Wildman–Crippen LogP) is 7.80. The Morgan fingerprint density at radius 1 is 0.756 bits per heavy atom. The van der Waals surface area contributed by atoms with Gasteiger partial charge in [0, 0.05) is 16.0 Å².